The Morgan fingerprint density at radius 1 is 1.06 bits per heavy atom. The Morgan fingerprint density at radius 2 is 1.83 bits per heavy atom. The van der Waals surface area contributed by atoms with Crippen LogP contribution in [0.1, 0.15) is 44.9 Å². The Hall–Kier alpha value is -0.120. The summed E-state index contributed by atoms with van der Waals surface area (Å²) in [5.41, 5.74) is 0. The van der Waals surface area contributed by atoms with Crippen molar-refractivity contribution in [3.8, 4) is 0 Å². The lowest BCUT2D eigenvalue weighted by molar-refractivity contribution is 0.0556. The van der Waals surface area contributed by atoms with Crippen LogP contribution >= 0.6 is 0 Å². The second kappa shape index (κ2) is 8.13. The van der Waals surface area contributed by atoms with Crippen LogP contribution in [0.4, 0.5) is 0 Å². The Balaban J connectivity index is 1.39. The molecule has 0 spiro atoms. The van der Waals surface area contributed by atoms with E-state index in [4.69, 9.17) is 4.74 Å². The Morgan fingerprint density at radius 3 is 2.56 bits per heavy atom. The van der Waals surface area contributed by atoms with Gasteiger partial charge in [-0.05, 0) is 64.6 Å². The molecule has 0 aromatic carbocycles. The highest BCUT2D eigenvalue weighted by Crippen LogP contribution is 2.18. The third kappa shape index (κ3) is 6.17. The summed E-state index contributed by atoms with van der Waals surface area (Å²) >= 11 is 0. The van der Waals surface area contributed by atoms with Gasteiger partial charge >= 0.3 is 0 Å². The topological polar surface area (TPSA) is 24.5 Å². The smallest absolute Gasteiger partial charge is 0.0469 e. The molecule has 0 bridgehead atoms. The minimum absolute atomic E-state index is 0.875. The van der Waals surface area contributed by atoms with Gasteiger partial charge in [-0.2, -0.15) is 0 Å². The predicted molar refractivity (Wildman–Crippen MR) is 75.9 cm³/mol. The van der Waals surface area contributed by atoms with E-state index in [2.05, 4.69) is 17.3 Å². The minimum atomic E-state index is 0.875. The van der Waals surface area contributed by atoms with E-state index in [1.54, 1.807) is 0 Å². The van der Waals surface area contributed by atoms with Crippen LogP contribution in [0.25, 0.3) is 0 Å². The molecule has 0 aromatic heterocycles. The standard InChI is InChI=1S/C15H30N2O/c1-17(13-14-7-11-18-12-8-14)10-4-2-3-9-16-15-5-6-15/h14-16H,2-13H2,1H3. The van der Waals surface area contributed by atoms with Crippen LogP contribution in [0.3, 0.4) is 0 Å². The predicted octanol–water partition coefficient (Wildman–Crippen LogP) is 2.27. The van der Waals surface area contributed by atoms with Crippen LogP contribution < -0.4 is 5.32 Å². The van der Waals surface area contributed by atoms with Crippen molar-refractivity contribution in [2.45, 2.75) is 51.0 Å². The van der Waals surface area contributed by atoms with Crippen LogP contribution in [0.2, 0.25) is 0 Å². The van der Waals surface area contributed by atoms with Gasteiger partial charge in [-0.15, -0.1) is 0 Å². The molecule has 3 nitrogen and oxygen atoms in total. The molecule has 1 aliphatic carbocycles. The molecule has 1 saturated carbocycles. The number of ether oxygens (including phenoxy) is 1. The maximum absolute atomic E-state index is 5.41. The van der Waals surface area contributed by atoms with Crippen LogP contribution in [0.5, 0.6) is 0 Å². The highest BCUT2D eigenvalue weighted by Gasteiger charge is 2.19. The van der Waals surface area contributed by atoms with Crippen molar-refractivity contribution >= 4 is 0 Å². The molecule has 1 N–H and O–H groups in total. The molecule has 3 heteroatoms. The molecule has 1 aliphatic heterocycles. The van der Waals surface area contributed by atoms with Gasteiger partial charge in [0.25, 0.3) is 0 Å². The Bertz CT molecular complexity index is 213. The fourth-order valence-corrected chi connectivity index (χ4v) is 2.74. The molecule has 2 fully saturated rings. The summed E-state index contributed by atoms with van der Waals surface area (Å²) in [6, 6.07) is 0.876. The van der Waals surface area contributed by atoms with E-state index >= 15 is 0 Å². The van der Waals surface area contributed by atoms with Crippen molar-refractivity contribution < 1.29 is 4.74 Å². The van der Waals surface area contributed by atoms with E-state index < -0.39 is 0 Å². The molecule has 0 unspecified atom stereocenters. The minimum Gasteiger partial charge on any atom is -0.381 e. The zero-order valence-corrected chi connectivity index (χ0v) is 12.0. The van der Waals surface area contributed by atoms with E-state index in [-0.39, 0.29) is 0 Å². The van der Waals surface area contributed by atoms with Gasteiger partial charge in [0.1, 0.15) is 0 Å². The normalized spacial score (nSPS) is 21.7. The quantitative estimate of drug-likeness (QED) is 0.639. The van der Waals surface area contributed by atoms with Crippen molar-refractivity contribution in [3.05, 3.63) is 0 Å². The summed E-state index contributed by atoms with van der Waals surface area (Å²) < 4.78 is 5.41. The maximum Gasteiger partial charge on any atom is 0.0469 e. The average Bonchev–Trinajstić information content (AvgIpc) is 3.19. The monoisotopic (exact) mass is 254 g/mol. The van der Waals surface area contributed by atoms with Crippen molar-refractivity contribution in [1.82, 2.24) is 10.2 Å². The van der Waals surface area contributed by atoms with Crippen molar-refractivity contribution in [2.75, 3.05) is 39.9 Å². The van der Waals surface area contributed by atoms with Gasteiger partial charge in [0.05, 0.1) is 0 Å². The van der Waals surface area contributed by atoms with Crippen LogP contribution in [-0.2, 0) is 4.74 Å². The zero-order chi connectivity index (χ0) is 12.6. The van der Waals surface area contributed by atoms with Gasteiger partial charge in [0.2, 0.25) is 0 Å². The molecule has 0 atom stereocenters. The van der Waals surface area contributed by atoms with E-state index in [9.17, 15) is 0 Å². The largest absolute Gasteiger partial charge is 0.381 e. The first kappa shape index (κ1) is 14.3. The molecule has 18 heavy (non-hydrogen) atoms. The third-order valence-corrected chi connectivity index (χ3v) is 4.14. The maximum atomic E-state index is 5.41. The summed E-state index contributed by atoms with van der Waals surface area (Å²) in [5, 5.41) is 3.58. The molecule has 2 aliphatic rings. The van der Waals surface area contributed by atoms with E-state index in [0.29, 0.717) is 0 Å². The van der Waals surface area contributed by atoms with Gasteiger partial charge < -0.3 is 15.0 Å². The first-order valence-electron chi connectivity index (χ1n) is 7.84. The Kier molecular flexibility index (Phi) is 6.46. The number of nitrogens with one attached hydrogen (secondary N) is 1. The van der Waals surface area contributed by atoms with Crippen LogP contribution in [-0.4, -0.2) is 50.8 Å². The SMILES string of the molecule is CN(CCCCCNC1CC1)CC1CCOCC1. The molecular formula is C15H30N2O. The summed E-state index contributed by atoms with van der Waals surface area (Å²) in [7, 11) is 2.28. The van der Waals surface area contributed by atoms with E-state index in [1.165, 1.54) is 64.6 Å². The fourth-order valence-electron chi connectivity index (χ4n) is 2.74. The zero-order valence-electron chi connectivity index (χ0n) is 12.0. The highest BCUT2D eigenvalue weighted by molar-refractivity contribution is 4.80. The van der Waals surface area contributed by atoms with Crippen molar-refractivity contribution in [1.29, 1.82) is 0 Å². The molecule has 1 saturated heterocycles. The lowest BCUT2D eigenvalue weighted by Crippen LogP contribution is -2.30. The summed E-state index contributed by atoms with van der Waals surface area (Å²) in [5.74, 6) is 0.875. The van der Waals surface area contributed by atoms with E-state index in [0.717, 1.165) is 25.2 Å². The van der Waals surface area contributed by atoms with Crippen molar-refractivity contribution in [2.24, 2.45) is 5.92 Å². The lowest BCUT2D eigenvalue weighted by Gasteiger charge is -2.27. The number of unbranched alkanes of at least 4 members (excludes halogenated alkanes) is 2. The average molecular weight is 254 g/mol. The molecule has 0 radical (unpaired) electrons. The van der Waals surface area contributed by atoms with Gasteiger partial charge in [-0.3, -0.25) is 0 Å². The van der Waals surface area contributed by atoms with Gasteiger partial charge in [-0.1, -0.05) is 6.42 Å². The molecule has 1 heterocycles. The van der Waals surface area contributed by atoms with Crippen molar-refractivity contribution in [3.63, 3.8) is 0 Å². The molecule has 2 rings (SSSR count). The van der Waals surface area contributed by atoms with E-state index in [1.807, 2.05) is 0 Å². The van der Waals surface area contributed by atoms with Crippen LogP contribution in [0, 0.1) is 5.92 Å². The molecule has 106 valence electrons. The lowest BCUT2D eigenvalue weighted by atomic mass is 10.00. The number of hydrogen-bond acceptors (Lipinski definition) is 3. The first-order valence-corrected chi connectivity index (χ1v) is 7.84. The summed E-state index contributed by atoms with van der Waals surface area (Å²) in [6.45, 7) is 5.72. The van der Waals surface area contributed by atoms with Gasteiger partial charge in [-0.25, -0.2) is 0 Å². The second-order valence-corrected chi connectivity index (χ2v) is 6.11. The second-order valence-electron chi connectivity index (χ2n) is 6.11. The highest BCUT2D eigenvalue weighted by atomic mass is 16.5. The Labute approximate surface area is 112 Å². The van der Waals surface area contributed by atoms with Crippen LogP contribution in [0.15, 0.2) is 0 Å². The number of hydrogen-bond donors (Lipinski definition) is 1. The molecule has 0 aromatic rings. The van der Waals surface area contributed by atoms with Gasteiger partial charge in [0, 0.05) is 25.8 Å². The number of nitrogens with zero attached hydrogens (tertiary/aromatic N) is 1. The first-order chi connectivity index (χ1) is 8.84. The fraction of sp³-hybridized carbons (Fsp3) is 1.00. The summed E-state index contributed by atoms with van der Waals surface area (Å²) in [4.78, 5) is 2.52. The summed E-state index contributed by atoms with van der Waals surface area (Å²) in [6.07, 6.45) is 9.42. The molecule has 0 amide bonds. The number of rotatable bonds is 9. The van der Waals surface area contributed by atoms with Gasteiger partial charge in [0.15, 0.2) is 0 Å². The molecular weight excluding hydrogens is 224 g/mol. The third-order valence-electron chi connectivity index (χ3n) is 4.14.